The lowest BCUT2D eigenvalue weighted by molar-refractivity contribution is -0.318. The molecule has 0 aliphatic carbocycles. The van der Waals surface area contributed by atoms with Crippen LogP contribution in [0.25, 0.3) is 0 Å². The van der Waals surface area contributed by atoms with Gasteiger partial charge < -0.3 is 10.5 Å². The Morgan fingerprint density at radius 3 is 2.07 bits per heavy atom. The highest BCUT2D eigenvalue weighted by atomic mass is 19.4. The normalized spacial score (nSPS) is 15.9. The third-order valence-corrected chi connectivity index (χ3v) is 1.04. The molecule has 8 heteroatoms. The van der Waals surface area contributed by atoms with Crippen LogP contribution in [0.4, 0.5) is 26.3 Å². The monoisotopic (exact) mass is 223 g/mol. The minimum atomic E-state index is -5.67. The molecule has 0 saturated carbocycles. The van der Waals surface area contributed by atoms with E-state index in [4.69, 9.17) is 5.73 Å². The lowest BCUT2D eigenvalue weighted by Crippen LogP contribution is -2.42. The van der Waals surface area contributed by atoms with Crippen molar-refractivity contribution in [3.63, 3.8) is 0 Å². The van der Waals surface area contributed by atoms with Crippen molar-refractivity contribution in [2.75, 3.05) is 6.54 Å². The first-order valence-electron chi connectivity index (χ1n) is 3.33. The van der Waals surface area contributed by atoms with Gasteiger partial charge in [0.15, 0.2) is 0 Å². The zero-order valence-corrected chi connectivity index (χ0v) is 6.69. The molecule has 0 amide bonds. The minimum absolute atomic E-state index is 0.209. The van der Waals surface area contributed by atoms with Gasteiger partial charge in [0.25, 0.3) is 6.17 Å². The highest BCUT2D eigenvalue weighted by molar-refractivity contribution is 4.81. The van der Waals surface area contributed by atoms with Crippen molar-refractivity contribution in [1.29, 1.82) is 0 Å². The molecule has 0 aromatic rings. The van der Waals surface area contributed by atoms with Gasteiger partial charge in [-0.2, -0.15) is 22.0 Å². The summed E-state index contributed by atoms with van der Waals surface area (Å²) in [5.74, 6) is 0. The molecule has 0 saturated heterocycles. The molecule has 0 fully saturated rings. The van der Waals surface area contributed by atoms with Crippen LogP contribution in [0.1, 0.15) is 0 Å². The van der Waals surface area contributed by atoms with Gasteiger partial charge in [0, 0.05) is 6.54 Å². The van der Waals surface area contributed by atoms with E-state index in [9.17, 15) is 26.3 Å². The van der Waals surface area contributed by atoms with E-state index in [1.54, 1.807) is 0 Å². The van der Waals surface area contributed by atoms with Crippen LogP contribution in [0, 0.1) is 0 Å². The summed E-state index contributed by atoms with van der Waals surface area (Å²) in [4.78, 5) is 0. The van der Waals surface area contributed by atoms with Crippen LogP contribution in [0.5, 0.6) is 0 Å². The first-order chi connectivity index (χ1) is 6.22. The molecule has 0 rings (SSSR count). The fourth-order valence-electron chi connectivity index (χ4n) is 0.445. The molecule has 0 aliphatic rings. The molecule has 2 N–H and O–H groups in total. The predicted octanol–water partition coefficient (Wildman–Crippen LogP) is 1.97. The molecule has 0 aromatic heterocycles. The molecule has 1 atom stereocenters. The van der Waals surface area contributed by atoms with Gasteiger partial charge in [-0.05, 0) is 6.08 Å². The van der Waals surface area contributed by atoms with Crippen molar-refractivity contribution >= 4 is 0 Å². The largest absolute Gasteiger partial charge is 0.438 e. The standard InChI is InChI=1S/C6H7F6NO/c7-4(5(8,9)10)6(11,12)14-3-1-2-13/h1,3-4H,2,13H2. The van der Waals surface area contributed by atoms with Crippen molar-refractivity contribution < 1.29 is 31.1 Å². The van der Waals surface area contributed by atoms with Gasteiger partial charge in [0.05, 0.1) is 6.26 Å². The van der Waals surface area contributed by atoms with E-state index in [0.29, 0.717) is 0 Å². The Hall–Kier alpha value is -0.920. The molecule has 0 aromatic carbocycles. The van der Waals surface area contributed by atoms with Gasteiger partial charge >= 0.3 is 12.3 Å². The Kier molecular flexibility index (Phi) is 4.24. The van der Waals surface area contributed by atoms with Crippen molar-refractivity contribution in [2.45, 2.75) is 18.5 Å². The Morgan fingerprint density at radius 1 is 1.21 bits per heavy atom. The number of halogens is 6. The van der Waals surface area contributed by atoms with E-state index >= 15 is 0 Å². The number of alkyl halides is 6. The molecule has 0 heterocycles. The molecule has 84 valence electrons. The smallest absolute Gasteiger partial charge is 0.438 e. The number of ether oxygens (including phenoxy) is 1. The van der Waals surface area contributed by atoms with Gasteiger partial charge in [-0.15, -0.1) is 0 Å². The summed E-state index contributed by atoms with van der Waals surface area (Å²) in [7, 11) is 0. The van der Waals surface area contributed by atoms with Crippen LogP contribution in [-0.2, 0) is 4.74 Å². The average molecular weight is 223 g/mol. The number of hydrogen-bond donors (Lipinski definition) is 1. The van der Waals surface area contributed by atoms with Crippen LogP contribution in [0.15, 0.2) is 12.3 Å². The van der Waals surface area contributed by atoms with Crippen LogP contribution in [-0.4, -0.2) is 25.0 Å². The topological polar surface area (TPSA) is 35.2 Å². The van der Waals surface area contributed by atoms with Crippen molar-refractivity contribution in [2.24, 2.45) is 5.73 Å². The fourth-order valence-corrected chi connectivity index (χ4v) is 0.445. The number of nitrogens with two attached hydrogens (primary N) is 1. The molecule has 2 nitrogen and oxygen atoms in total. The van der Waals surface area contributed by atoms with Crippen LogP contribution in [0.2, 0.25) is 0 Å². The van der Waals surface area contributed by atoms with E-state index in [1.807, 2.05) is 0 Å². The maximum absolute atomic E-state index is 12.2. The van der Waals surface area contributed by atoms with E-state index in [2.05, 4.69) is 4.74 Å². The SMILES string of the molecule is NCC=COC(F)(F)C(F)C(F)(F)F. The second-order valence-electron chi connectivity index (χ2n) is 2.19. The summed E-state index contributed by atoms with van der Waals surface area (Å²) in [6.07, 6.45) is -13.9. The van der Waals surface area contributed by atoms with Gasteiger partial charge in [-0.3, -0.25) is 0 Å². The maximum atomic E-state index is 12.2. The Morgan fingerprint density at radius 2 is 1.71 bits per heavy atom. The first-order valence-corrected chi connectivity index (χ1v) is 3.33. The molecule has 0 aliphatic heterocycles. The van der Waals surface area contributed by atoms with Gasteiger partial charge in [0.2, 0.25) is 0 Å². The fraction of sp³-hybridized carbons (Fsp3) is 0.667. The number of hydrogen-bond acceptors (Lipinski definition) is 2. The zero-order valence-electron chi connectivity index (χ0n) is 6.69. The van der Waals surface area contributed by atoms with Crippen molar-refractivity contribution in [3.05, 3.63) is 12.3 Å². The Bertz CT molecular complexity index is 201. The van der Waals surface area contributed by atoms with E-state index in [0.717, 1.165) is 6.08 Å². The molecule has 0 radical (unpaired) electrons. The van der Waals surface area contributed by atoms with E-state index in [1.165, 1.54) is 0 Å². The molecule has 14 heavy (non-hydrogen) atoms. The molecule has 0 spiro atoms. The summed E-state index contributed by atoms with van der Waals surface area (Å²) in [6, 6.07) is 0. The zero-order chi connectivity index (χ0) is 11.4. The molecule has 0 bridgehead atoms. The maximum Gasteiger partial charge on any atom is 0.438 e. The summed E-state index contributed by atoms with van der Waals surface area (Å²) >= 11 is 0. The quantitative estimate of drug-likeness (QED) is 0.584. The second-order valence-corrected chi connectivity index (χ2v) is 2.19. The number of rotatable bonds is 4. The van der Waals surface area contributed by atoms with Crippen LogP contribution < -0.4 is 5.73 Å². The minimum Gasteiger partial charge on any atom is -0.438 e. The van der Waals surface area contributed by atoms with E-state index in [-0.39, 0.29) is 12.8 Å². The highest BCUT2D eigenvalue weighted by Crippen LogP contribution is 2.35. The van der Waals surface area contributed by atoms with Crippen molar-refractivity contribution in [1.82, 2.24) is 0 Å². The lowest BCUT2D eigenvalue weighted by Gasteiger charge is -2.21. The lowest BCUT2D eigenvalue weighted by atomic mass is 10.3. The molecule has 1 unspecified atom stereocenters. The van der Waals surface area contributed by atoms with Crippen molar-refractivity contribution in [3.8, 4) is 0 Å². The average Bonchev–Trinajstić information content (AvgIpc) is 2.01. The highest BCUT2D eigenvalue weighted by Gasteiger charge is 2.58. The summed E-state index contributed by atoms with van der Waals surface area (Å²) < 4.78 is 74.2. The summed E-state index contributed by atoms with van der Waals surface area (Å²) in [5, 5.41) is 0. The van der Waals surface area contributed by atoms with Gasteiger partial charge in [-0.1, -0.05) is 0 Å². The third kappa shape index (κ3) is 3.86. The third-order valence-electron chi connectivity index (χ3n) is 1.04. The first kappa shape index (κ1) is 13.1. The van der Waals surface area contributed by atoms with Gasteiger partial charge in [-0.25, -0.2) is 4.39 Å². The van der Waals surface area contributed by atoms with Crippen LogP contribution in [0.3, 0.4) is 0 Å². The summed E-state index contributed by atoms with van der Waals surface area (Å²) in [5.41, 5.74) is 4.79. The van der Waals surface area contributed by atoms with Crippen LogP contribution >= 0.6 is 0 Å². The molecular formula is C6H7F6NO. The molecular weight excluding hydrogens is 216 g/mol. The van der Waals surface area contributed by atoms with Gasteiger partial charge in [0.1, 0.15) is 0 Å². The second kappa shape index (κ2) is 4.54. The van der Waals surface area contributed by atoms with E-state index < -0.39 is 18.5 Å². The predicted molar refractivity (Wildman–Crippen MR) is 35.2 cm³/mol. The summed E-state index contributed by atoms with van der Waals surface area (Å²) in [6.45, 7) is -0.209. The Balaban J connectivity index is 4.38. The Labute approximate surface area is 75.3 Å².